The Morgan fingerprint density at radius 3 is 2.53 bits per heavy atom. The Hall–Kier alpha value is -2.79. The molecule has 1 N–H and O–H groups in total. The molecular formula is C17H11O2+. The van der Waals surface area contributed by atoms with E-state index in [-0.39, 0.29) is 5.75 Å². The van der Waals surface area contributed by atoms with E-state index in [0.717, 1.165) is 10.8 Å². The Labute approximate surface area is 110 Å². The van der Waals surface area contributed by atoms with Gasteiger partial charge in [-0.15, -0.1) is 0 Å². The fourth-order valence-electron chi connectivity index (χ4n) is 1.93. The number of hydrogen-bond donors (Lipinski definition) is 1. The van der Waals surface area contributed by atoms with Crippen LogP contribution in [0.4, 0.5) is 0 Å². The first-order chi connectivity index (χ1) is 9.34. The molecule has 3 rings (SSSR count). The molecule has 0 aliphatic heterocycles. The highest BCUT2D eigenvalue weighted by molar-refractivity contribution is 5.90. The quantitative estimate of drug-likeness (QED) is 0.483. The van der Waals surface area contributed by atoms with Gasteiger partial charge in [-0.05, 0) is 23.4 Å². The van der Waals surface area contributed by atoms with Gasteiger partial charge in [0.25, 0.3) is 0 Å². The molecule has 19 heavy (non-hydrogen) atoms. The van der Waals surface area contributed by atoms with Crippen LogP contribution in [-0.4, -0.2) is 5.11 Å². The standard InChI is InChI=1S/C17H10O2/c18-17-11-8-13-5-1-2-7-15(13)16(17)10-9-14-6-3-4-12-19-14/h1-8,11-12H/p+1. The minimum absolute atomic E-state index is 0.183. The summed E-state index contributed by atoms with van der Waals surface area (Å²) in [4.78, 5) is 0. The van der Waals surface area contributed by atoms with Crippen LogP contribution >= 0.6 is 0 Å². The van der Waals surface area contributed by atoms with Crippen molar-refractivity contribution in [2.75, 3.05) is 0 Å². The minimum atomic E-state index is 0.183. The molecule has 1 aromatic heterocycles. The average molecular weight is 247 g/mol. The SMILES string of the molecule is Oc1ccc2ccccc2c1C#Cc1cccc[o+]1. The summed E-state index contributed by atoms with van der Waals surface area (Å²) in [5.41, 5.74) is 0.622. The lowest BCUT2D eigenvalue weighted by Crippen LogP contribution is -1.81. The molecule has 0 atom stereocenters. The van der Waals surface area contributed by atoms with Gasteiger partial charge in [-0.2, -0.15) is 0 Å². The number of hydrogen-bond acceptors (Lipinski definition) is 1. The topological polar surface area (TPSA) is 31.5 Å². The first kappa shape index (κ1) is 11.3. The summed E-state index contributed by atoms with van der Waals surface area (Å²) in [6.07, 6.45) is 1.58. The molecule has 0 bridgehead atoms. The zero-order valence-electron chi connectivity index (χ0n) is 10.1. The van der Waals surface area contributed by atoms with Gasteiger partial charge in [-0.3, -0.25) is 0 Å². The van der Waals surface area contributed by atoms with Gasteiger partial charge < -0.3 is 5.11 Å². The highest BCUT2D eigenvalue weighted by atomic mass is 16.3. The summed E-state index contributed by atoms with van der Waals surface area (Å²) < 4.78 is 5.25. The Kier molecular flexibility index (Phi) is 2.88. The average Bonchev–Trinajstić information content (AvgIpc) is 2.47. The van der Waals surface area contributed by atoms with Gasteiger partial charge in [-0.1, -0.05) is 30.3 Å². The van der Waals surface area contributed by atoms with Crippen LogP contribution in [0.3, 0.4) is 0 Å². The van der Waals surface area contributed by atoms with Gasteiger partial charge in [0.2, 0.25) is 0 Å². The van der Waals surface area contributed by atoms with Crippen molar-refractivity contribution in [2.45, 2.75) is 0 Å². The van der Waals surface area contributed by atoms with E-state index in [1.54, 1.807) is 24.5 Å². The third-order valence-electron chi connectivity index (χ3n) is 2.85. The molecule has 3 aromatic rings. The lowest BCUT2D eigenvalue weighted by molar-refractivity contribution is 0.474. The van der Waals surface area contributed by atoms with Crippen molar-refractivity contribution in [2.24, 2.45) is 0 Å². The van der Waals surface area contributed by atoms with E-state index in [2.05, 4.69) is 11.8 Å². The van der Waals surface area contributed by atoms with Crippen LogP contribution in [0.1, 0.15) is 11.3 Å². The molecule has 2 heteroatoms. The fraction of sp³-hybridized carbons (Fsp3) is 0. The van der Waals surface area contributed by atoms with Gasteiger partial charge in [0, 0.05) is 17.4 Å². The van der Waals surface area contributed by atoms with E-state index in [9.17, 15) is 5.11 Å². The molecule has 2 nitrogen and oxygen atoms in total. The van der Waals surface area contributed by atoms with Crippen molar-refractivity contribution < 1.29 is 9.52 Å². The van der Waals surface area contributed by atoms with Gasteiger partial charge in [0.1, 0.15) is 5.75 Å². The number of benzene rings is 2. The van der Waals surface area contributed by atoms with Crippen LogP contribution in [0.25, 0.3) is 10.8 Å². The molecule has 90 valence electrons. The Bertz CT molecular complexity index is 780. The largest absolute Gasteiger partial charge is 0.507 e. The van der Waals surface area contributed by atoms with Gasteiger partial charge in [-0.25, -0.2) is 4.42 Å². The molecule has 0 aliphatic rings. The normalized spacial score (nSPS) is 9.89. The molecule has 0 fully saturated rings. The monoisotopic (exact) mass is 247 g/mol. The highest BCUT2D eigenvalue weighted by Crippen LogP contribution is 2.26. The van der Waals surface area contributed by atoms with E-state index in [1.165, 1.54) is 0 Å². The number of aromatic hydroxyl groups is 1. The van der Waals surface area contributed by atoms with Crippen molar-refractivity contribution in [3.05, 3.63) is 72.2 Å². The molecule has 0 aliphatic carbocycles. The molecule has 0 radical (unpaired) electrons. The number of phenols is 1. The van der Waals surface area contributed by atoms with E-state index >= 15 is 0 Å². The summed E-state index contributed by atoms with van der Waals surface area (Å²) in [6.45, 7) is 0. The Balaban J connectivity index is 2.16. The Morgan fingerprint density at radius 2 is 1.68 bits per heavy atom. The predicted octanol–water partition coefficient (Wildman–Crippen LogP) is 3.82. The predicted molar refractivity (Wildman–Crippen MR) is 74.7 cm³/mol. The number of phenolic OH excluding ortho intramolecular Hbond substituents is 1. The maximum absolute atomic E-state index is 9.95. The molecule has 2 aromatic carbocycles. The van der Waals surface area contributed by atoms with E-state index in [0.29, 0.717) is 11.3 Å². The highest BCUT2D eigenvalue weighted by Gasteiger charge is 2.05. The molecule has 0 unspecified atom stereocenters. The summed E-state index contributed by atoms with van der Waals surface area (Å²) >= 11 is 0. The van der Waals surface area contributed by atoms with Gasteiger partial charge >= 0.3 is 12.0 Å². The first-order valence-corrected chi connectivity index (χ1v) is 5.94. The van der Waals surface area contributed by atoms with Crippen LogP contribution in [0.5, 0.6) is 5.75 Å². The second kappa shape index (κ2) is 4.83. The first-order valence-electron chi connectivity index (χ1n) is 5.94. The van der Waals surface area contributed by atoms with E-state index in [4.69, 9.17) is 4.42 Å². The van der Waals surface area contributed by atoms with Crippen molar-refractivity contribution in [3.63, 3.8) is 0 Å². The van der Waals surface area contributed by atoms with Crippen LogP contribution in [0, 0.1) is 11.8 Å². The van der Waals surface area contributed by atoms with Crippen LogP contribution in [-0.2, 0) is 0 Å². The van der Waals surface area contributed by atoms with Crippen LogP contribution in [0.15, 0.2) is 65.3 Å². The lowest BCUT2D eigenvalue weighted by Gasteiger charge is -2.02. The second-order valence-corrected chi connectivity index (χ2v) is 4.10. The summed E-state index contributed by atoms with van der Waals surface area (Å²) in [6, 6.07) is 16.8. The minimum Gasteiger partial charge on any atom is -0.507 e. The second-order valence-electron chi connectivity index (χ2n) is 4.10. The van der Waals surface area contributed by atoms with Crippen molar-refractivity contribution in [1.29, 1.82) is 0 Å². The van der Waals surface area contributed by atoms with Gasteiger partial charge in [0.05, 0.1) is 11.6 Å². The molecule has 0 spiro atoms. The van der Waals surface area contributed by atoms with E-state index in [1.807, 2.05) is 36.4 Å². The smallest absolute Gasteiger partial charge is 0.403 e. The maximum atomic E-state index is 9.95. The van der Waals surface area contributed by atoms with Gasteiger partial charge in [0.15, 0.2) is 0 Å². The Morgan fingerprint density at radius 1 is 0.842 bits per heavy atom. The number of fused-ring (bicyclic) bond motifs is 1. The fourth-order valence-corrected chi connectivity index (χ4v) is 1.93. The lowest BCUT2D eigenvalue weighted by atomic mass is 10.0. The molecule has 0 amide bonds. The molecular weight excluding hydrogens is 236 g/mol. The van der Waals surface area contributed by atoms with Crippen molar-refractivity contribution in [3.8, 4) is 17.6 Å². The maximum Gasteiger partial charge on any atom is 0.403 e. The van der Waals surface area contributed by atoms with Crippen molar-refractivity contribution >= 4 is 10.8 Å². The summed E-state index contributed by atoms with van der Waals surface area (Å²) in [7, 11) is 0. The summed E-state index contributed by atoms with van der Waals surface area (Å²) in [5.74, 6) is 6.64. The zero-order valence-corrected chi connectivity index (χ0v) is 10.1. The molecule has 1 heterocycles. The summed E-state index contributed by atoms with van der Waals surface area (Å²) in [5, 5.41) is 11.9. The third-order valence-corrected chi connectivity index (χ3v) is 2.85. The number of rotatable bonds is 0. The molecule has 0 saturated carbocycles. The van der Waals surface area contributed by atoms with Crippen molar-refractivity contribution in [1.82, 2.24) is 0 Å². The molecule has 0 saturated heterocycles. The van der Waals surface area contributed by atoms with Crippen LogP contribution < -0.4 is 0 Å². The van der Waals surface area contributed by atoms with E-state index < -0.39 is 0 Å². The zero-order chi connectivity index (χ0) is 13.1. The third kappa shape index (κ3) is 2.27. The van der Waals surface area contributed by atoms with Crippen LogP contribution in [0.2, 0.25) is 0 Å².